The van der Waals surface area contributed by atoms with Crippen LogP contribution in [0.1, 0.15) is 36.5 Å². The molecule has 0 bridgehead atoms. The van der Waals surface area contributed by atoms with Gasteiger partial charge in [-0.2, -0.15) is 0 Å². The molecule has 2 aromatic heterocycles. The zero-order valence-corrected chi connectivity index (χ0v) is 13.3. The molecule has 2 aromatic rings. The number of aromatic nitrogens is 3. The molecule has 0 fully saturated rings. The summed E-state index contributed by atoms with van der Waals surface area (Å²) in [6, 6.07) is 3.82. The second-order valence-electron chi connectivity index (χ2n) is 5.51. The number of H-pyrrole nitrogens is 1. The lowest BCUT2D eigenvalue weighted by Crippen LogP contribution is -2.37. The van der Waals surface area contributed by atoms with E-state index in [1.54, 1.807) is 12.4 Å². The van der Waals surface area contributed by atoms with Crippen LogP contribution in [0, 0.1) is 6.92 Å². The van der Waals surface area contributed by atoms with E-state index in [9.17, 15) is 4.79 Å². The summed E-state index contributed by atoms with van der Waals surface area (Å²) in [5, 5.41) is 3.02. The number of aromatic amines is 1. The predicted molar refractivity (Wildman–Crippen MR) is 85.1 cm³/mol. The van der Waals surface area contributed by atoms with E-state index in [4.69, 9.17) is 0 Å². The van der Waals surface area contributed by atoms with Crippen molar-refractivity contribution in [3.05, 3.63) is 47.8 Å². The normalized spacial score (nSPS) is 12.4. The third-order valence-corrected chi connectivity index (χ3v) is 3.38. The molecule has 118 valence electrons. The van der Waals surface area contributed by atoms with Gasteiger partial charge in [-0.3, -0.25) is 14.7 Å². The first-order valence-electron chi connectivity index (χ1n) is 7.46. The molecule has 0 saturated carbocycles. The standard InChI is InChI=1S/C16H23N5O/c1-4-14(16-18-8-12(2)19-16)20-15(22)11-21(3)10-13-6-5-7-17-9-13/h5-9,14H,4,10-11H2,1-3H3,(H,18,19)(H,20,22)/t14-/m1/s1. The predicted octanol–water partition coefficient (Wildman–Crippen LogP) is 1.81. The summed E-state index contributed by atoms with van der Waals surface area (Å²) < 4.78 is 0. The van der Waals surface area contributed by atoms with Crippen LogP contribution in [0.2, 0.25) is 0 Å². The number of hydrogen-bond acceptors (Lipinski definition) is 4. The molecular formula is C16H23N5O. The van der Waals surface area contributed by atoms with Crippen molar-refractivity contribution in [1.82, 2.24) is 25.2 Å². The molecule has 6 heteroatoms. The monoisotopic (exact) mass is 301 g/mol. The molecule has 0 aliphatic carbocycles. The number of pyridine rings is 1. The number of likely N-dealkylation sites (N-methyl/N-ethyl adjacent to an activating group) is 1. The van der Waals surface area contributed by atoms with Crippen molar-refractivity contribution >= 4 is 5.91 Å². The summed E-state index contributed by atoms with van der Waals surface area (Å²) in [4.78, 5) is 25.7. The fourth-order valence-corrected chi connectivity index (χ4v) is 2.32. The van der Waals surface area contributed by atoms with Crippen molar-refractivity contribution in [2.24, 2.45) is 0 Å². The second-order valence-corrected chi connectivity index (χ2v) is 5.51. The minimum atomic E-state index is -0.0759. The van der Waals surface area contributed by atoms with Gasteiger partial charge in [0.05, 0.1) is 12.6 Å². The third-order valence-electron chi connectivity index (χ3n) is 3.38. The van der Waals surface area contributed by atoms with E-state index in [0.29, 0.717) is 13.1 Å². The Morgan fingerprint density at radius 3 is 2.86 bits per heavy atom. The van der Waals surface area contributed by atoms with Crippen LogP contribution in [0.15, 0.2) is 30.7 Å². The Bertz CT molecular complexity index is 596. The lowest BCUT2D eigenvalue weighted by molar-refractivity contribution is -0.122. The van der Waals surface area contributed by atoms with E-state index in [1.165, 1.54) is 0 Å². The van der Waals surface area contributed by atoms with Crippen LogP contribution in [0.4, 0.5) is 0 Å². The average Bonchev–Trinajstić information content (AvgIpc) is 2.92. The number of nitrogens with one attached hydrogen (secondary N) is 2. The van der Waals surface area contributed by atoms with Crippen LogP contribution in [-0.2, 0) is 11.3 Å². The van der Waals surface area contributed by atoms with Crippen LogP contribution in [-0.4, -0.2) is 39.4 Å². The Morgan fingerprint density at radius 2 is 2.27 bits per heavy atom. The molecule has 0 aromatic carbocycles. The average molecular weight is 301 g/mol. The molecule has 2 rings (SSSR count). The smallest absolute Gasteiger partial charge is 0.234 e. The second kappa shape index (κ2) is 7.70. The van der Waals surface area contributed by atoms with E-state index in [0.717, 1.165) is 23.5 Å². The van der Waals surface area contributed by atoms with Gasteiger partial charge in [-0.15, -0.1) is 0 Å². The Kier molecular flexibility index (Phi) is 5.66. The highest BCUT2D eigenvalue weighted by molar-refractivity contribution is 5.78. The minimum absolute atomic E-state index is 0.00714. The summed E-state index contributed by atoms with van der Waals surface area (Å²) in [7, 11) is 1.92. The number of hydrogen-bond donors (Lipinski definition) is 2. The fourth-order valence-electron chi connectivity index (χ4n) is 2.32. The Labute approximate surface area is 131 Å². The maximum Gasteiger partial charge on any atom is 0.234 e. The van der Waals surface area contributed by atoms with Crippen LogP contribution >= 0.6 is 0 Å². The molecular weight excluding hydrogens is 278 g/mol. The zero-order chi connectivity index (χ0) is 15.9. The van der Waals surface area contributed by atoms with Gasteiger partial charge in [0.2, 0.25) is 5.91 Å². The first-order valence-corrected chi connectivity index (χ1v) is 7.46. The molecule has 2 heterocycles. The van der Waals surface area contributed by atoms with Gasteiger partial charge in [0.15, 0.2) is 0 Å². The summed E-state index contributed by atoms with van der Waals surface area (Å²) >= 11 is 0. The fraction of sp³-hybridized carbons (Fsp3) is 0.438. The highest BCUT2D eigenvalue weighted by Gasteiger charge is 2.16. The van der Waals surface area contributed by atoms with Crippen molar-refractivity contribution in [2.45, 2.75) is 32.9 Å². The van der Waals surface area contributed by atoms with E-state index < -0.39 is 0 Å². The molecule has 0 aliphatic heterocycles. The molecule has 1 atom stereocenters. The number of carbonyl (C=O) groups excluding carboxylic acids is 1. The van der Waals surface area contributed by atoms with Gasteiger partial charge in [-0.05, 0) is 32.0 Å². The van der Waals surface area contributed by atoms with Crippen molar-refractivity contribution in [2.75, 3.05) is 13.6 Å². The van der Waals surface area contributed by atoms with Gasteiger partial charge in [0.1, 0.15) is 5.82 Å². The summed E-state index contributed by atoms with van der Waals surface area (Å²) in [5.41, 5.74) is 2.09. The number of amides is 1. The van der Waals surface area contributed by atoms with Gasteiger partial charge < -0.3 is 10.3 Å². The molecule has 1 amide bonds. The van der Waals surface area contributed by atoms with Gasteiger partial charge in [-0.25, -0.2) is 4.98 Å². The van der Waals surface area contributed by atoms with Crippen LogP contribution in [0.3, 0.4) is 0 Å². The largest absolute Gasteiger partial charge is 0.345 e. The van der Waals surface area contributed by atoms with Crippen molar-refractivity contribution in [1.29, 1.82) is 0 Å². The maximum atomic E-state index is 12.2. The van der Waals surface area contributed by atoms with Gasteiger partial charge >= 0.3 is 0 Å². The van der Waals surface area contributed by atoms with Crippen LogP contribution in [0.5, 0.6) is 0 Å². The van der Waals surface area contributed by atoms with Crippen molar-refractivity contribution in [3.8, 4) is 0 Å². The number of imidazole rings is 1. The number of aryl methyl sites for hydroxylation is 1. The number of nitrogens with zero attached hydrogens (tertiary/aromatic N) is 3. The summed E-state index contributed by atoms with van der Waals surface area (Å²) in [6.07, 6.45) is 6.13. The molecule has 22 heavy (non-hydrogen) atoms. The van der Waals surface area contributed by atoms with E-state index in [1.807, 2.05) is 44.1 Å². The zero-order valence-electron chi connectivity index (χ0n) is 13.3. The molecule has 2 N–H and O–H groups in total. The Hall–Kier alpha value is -2.21. The van der Waals surface area contributed by atoms with Crippen molar-refractivity contribution < 1.29 is 4.79 Å². The first-order chi connectivity index (χ1) is 10.6. The maximum absolute atomic E-state index is 12.2. The molecule has 0 aliphatic rings. The van der Waals surface area contributed by atoms with Crippen LogP contribution in [0.25, 0.3) is 0 Å². The van der Waals surface area contributed by atoms with Crippen molar-refractivity contribution in [3.63, 3.8) is 0 Å². The third kappa shape index (κ3) is 4.66. The topological polar surface area (TPSA) is 73.9 Å². The van der Waals surface area contributed by atoms with Gasteiger partial charge in [0, 0.05) is 30.8 Å². The highest BCUT2D eigenvalue weighted by atomic mass is 16.2. The minimum Gasteiger partial charge on any atom is -0.345 e. The lowest BCUT2D eigenvalue weighted by Gasteiger charge is -2.19. The van der Waals surface area contributed by atoms with E-state index >= 15 is 0 Å². The SMILES string of the molecule is CC[C@@H](NC(=O)CN(C)Cc1cccnc1)c1ncc(C)[nH]1. The Morgan fingerprint density at radius 1 is 1.45 bits per heavy atom. The van der Waals surface area contributed by atoms with Gasteiger partial charge in [-0.1, -0.05) is 13.0 Å². The molecule has 0 spiro atoms. The Balaban J connectivity index is 1.86. The van der Waals surface area contributed by atoms with E-state index in [-0.39, 0.29) is 11.9 Å². The highest BCUT2D eigenvalue weighted by Crippen LogP contribution is 2.12. The summed E-state index contributed by atoms with van der Waals surface area (Å²) in [5.74, 6) is 0.801. The number of carbonyl (C=O) groups is 1. The number of rotatable bonds is 7. The van der Waals surface area contributed by atoms with Gasteiger partial charge in [0.25, 0.3) is 0 Å². The molecule has 0 saturated heterocycles. The molecule has 0 radical (unpaired) electrons. The summed E-state index contributed by atoms with van der Waals surface area (Å²) in [6.45, 7) is 5.01. The molecule has 6 nitrogen and oxygen atoms in total. The van der Waals surface area contributed by atoms with Crippen LogP contribution < -0.4 is 5.32 Å². The molecule has 0 unspecified atom stereocenters. The quantitative estimate of drug-likeness (QED) is 0.818. The van der Waals surface area contributed by atoms with E-state index in [2.05, 4.69) is 20.3 Å². The first kappa shape index (κ1) is 16.2. The lowest BCUT2D eigenvalue weighted by atomic mass is 10.2.